The van der Waals surface area contributed by atoms with Crippen molar-refractivity contribution in [3.05, 3.63) is 29.6 Å². The van der Waals surface area contributed by atoms with Gasteiger partial charge in [-0.2, -0.15) is 0 Å². The first-order valence-corrected chi connectivity index (χ1v) is 5.88. The molecule has 1 nitrogen and oxygen atoms in total. The minimum atomic E-state index is -0.334. The Hall–Kier alpha value is -0.760. The molecule has 0 N–H and O–H groups in total. The Morgan fingerprint density at radius 1 is 1.25 bits per heavy atom. The summed E-state index contributed by atoms with van der Waals surface area (Å²) in [6.07, 6.45) is 0. The Morgan fingerprint density at radius 3 is 2.31 bits per heavy atom. The van der Waals surface area contributed by atoms with Gasteiger partial charge in [-0.1, -0.05) is 26.8 Å². The molecule has 0 heterocycles. The fourth-order valence-corrected chi connectivity index (χ4v) is 1.87. The van der Waals surface area contributed by atoms with Crippen molar-refractivity contribution in [3.8, 4) is 5.75 Å². The third-order valence-corrected chi connectivity index (χ3v) is 3.70. The first kappa shape index (κ1) is 13.3. The fourth-order valence-electron chi connectivity index (χ4n) is 1.73. The molecule has 0 aromatic heterocycles. The minimum Gasteiger partial charge on any atom is -0.494 e. The summed E-state index contributed by atoms with van der Waals surface area (Å²) in [5.74, 6) is 0.426. The molecule has 16 heavy (non-hydrogen) atoms. The van der Waals surface area contributed by atoms with Crippen molar-refractivity contribution in [2.45, 2.75) is 32.1 Å². The molecule has 2 unspecified atom stereocenters. The summed E-state index contributed by atoms with van der Waals surface area (Å²) in [5, 5.41) is 0.00722. The highest BCUT2D eigenvalue weighted by Gasteiger charge is 2.20. The zero-order chi connectivity index (χ0) is 12.3. The van der Waals surface area contributed by atoms with E-state index in [4.69, 9.17) is 16.3 Å². The van der Waals surface area contributed by atoms with Crippen LogP contribution in [0.25, 0.3) is 0 Å². The summed E-state index contributed by atoms with van der Waals surface area (Å²) in [4.78, 5) is 0. The summed E-state index contributed by atoms with van der Waals surface area (Å²) in [6, 6.07) is 5.01. The van der Waals surface area contributed by atoms with Crippen molar-refractivity contribution in [1.29, 1.82) is 0 Å². The van der Waals surface area contributed by atoms with Crippen LogP contribution in [0.2, 0.25) is 0 Å². The molecule has 0 radical (unpaired) electrons. The first-order chi connectivity index (χ1) is 7.47. The molecule has 0 spiro atoms. The highest BCUT2D eigenvalue weighted by Crippen LogP contribution is 2.30. The smallest absolute Gasteiger partial charge is 0.165 e. The minimum absolute atomic E-state index is 0.00722. The molecule has 0 saturated heterocycles. The molecule has 1 aromatic carbocycles. The van der Waals surface area contributed by atoms with Crippen molar-refractivity contribution < 1.29 is 9.13 Å². The second-order valence-electron chi connectivity index (χ2n) is 4.37. The van der Waals surface area contributed by atoms with E-state index < -0.39 is 0 Å². The molecule has 0 bridgehead atoms. The standard InChI is InChI=1S/C13H18ClFO/c1-8(2)13(14)9(3)10-5-6-12(16-4)11(15)7-10/h5-9,13H,1-4H3. The quantitative estimate of drug-likeness (QED) is 0.722. The third-order valence-electron chi connectivity index (χ3n) is 2.82. The number of hydrogen-bond donors (Lipinski definition) is 0. The van der Waals surface area contributed by atoms with E-state index >= 15 is 0 Å². The Morgan fingerprint density at radius 2 is 1.88 bits per heavy atom. The van der Waals surface area contributed by atoms with Crippen molar-refractivity contribution in [3.63, 3.8) is 0 Å². The zero-order valence-corrected chi connectivity index (χ0v) is 10.9. The van der Waals surface area contributed by atoms with Gasteiger partial charge in [0.2, 0.25) is 0 Å². The average molecular weight is 245 g/mol. The topological polar surface area (TPSA) is 9.23 Å². The third kappa shape index (κ3) is 2.88. The Balaban J connectivity index is 2.92. The van der Waals surface area contributed by atoms with E-state index in [0.717, 1.165) is 5.56 Å². The van der Waals surface area contributed by atoms with Gasteiger partial charge in [0.25, 0.3) is 0 Å². The van der Waals surface area contributed by atoms with Gasteiger partial charge in [-0.3, -0.25) is 0 Å². The fraction of sp³-hybridized carbons (Fsp3) is 0.538. The number of alkyl halides is 1. The number of halogens is 2. The number of hydrogen-bond acceptors (Lipinski definition) is 1. The van der Waals surface area contributed by atoms with E-state index in [2.05, 4.69) is 13.8 Å². The van der Waals surface area contributed by atoms with Crippen LogP contribution < -0.4 is 4.74 Å². The van der Waals surface area contributed by atoms with E-state index in [-0.39, 0.29) is 22.9 Å². The lowest BCUT2D eigenvalue weighted by Gasteiger charge is -2.22. The number of methoxy groups -OCH3 is 1. The molecule has 1 rings (SSSR count). The van der Waals surface area contributed by atoms with Crippen LogP contribution >= 0.6 is 11.6 Å². The van der Waals surface area contributed by atoms with Gasteiger partial charge in [-0.05, 0) is 29.5 Å². The lowest BCUT2D eigenvalue weighted by molar-refractivity contribution is 0.385. The van der Waals surface area contributed by atoms with E-state index in [1.807, 2.05) is 13.0 Å². The molecule has 0 aliphatic rings. The Bertz CT molecular complexity index is 352. The van der Waals surface area contributed by atoms with E-state index in [9.17, 15) is 4.39 Å². The van der Waals surface area contributed by atoms with Crippen molar-refractivity contribution in [2.75, 3.05) is 7.11 Å². The maximum atomic E-state index is 13.5. The molecular formula is C13H18ClFO. The van der Waals surface area contributed by atoms with Crippen LogP contribution in [0.3, 0.4) is 0 Å². The number of rotatable bonds is 4. The summed E-state index contributed by atoms with van der Waals surface area (Å²) >= 11 is 6.27. The highest BCUT2D eigenvalue weighted by molar-refractivity contribution is 6.21. The largest absolute Gasteiger partial charge is 0.494 e. The number of benzene rings is 1. The summed E-state index contributed by atoms with van der Waals surface area (Å²) in [6.45, 7) is 6.14. The SMILES string of the molecule is COc1ccc(C(C)C(Cl)C(C)C)cc1F. The van der Waals surface area contributed by atoms with Crippen LogP contribution in [0.4, 0.5) is 4.39 Å². The van der Waals surface area contributed by atoms with Gasteiger partial charge in [-0.15, -0.1) is 11.6 Å². The van der Waals surface area contributed by atoms with Crippen molar-refractivity contribution >= 4 is 11.6 Å². The second kappa shape index (κ2) is 5.53. The summed E-state index contributed by atoms with van der Waals surface area (Å²) in [5.41, 5.74) is 0.909. The molecule has 0 aliphatic carbocycles. The molecule has 3 heteroatoms. The van der Waals surface area contributed by atoms with Crippen LogP contribution in [0.15, 0.2) is 18.2 Å². The maximum Gasteiger partial charge on any atom is 0.165 e. The van der Waals surface area contributed by atoms with Gasteiger partial charge in [-0.25, -0.2) is 4.39 Å². The predicted molar refractivity (Wildman–Crippen MR) is 65.8 cm³/mol. The van der Waals surface area contributed by atoms with Gasteiger partial charge in [0.1, 0.15) is 0 Å². The van der Waals surface area contributed by atoms with Crippen LogP contribution in [-0.4, -0.2) is 12.5 Å². The summed E-state index contributed by atoms with van der Waals surface area (Å²) < 4.78 is 18.4. The normalized spacial score (nSPS) is 14.9. The second-order valence-corrected chi connectivity index (χ2v) is 4.88. The van der Waals surface area contributed by atoms with Gasteiger partial charge >= 0.3 is 0 Å². The van der Waals surface area contributed by atoms with Crippen LogP contribution in [-0.2, 0) is 0 Å². The molecule has 2 atom stereocenters. The summed E-state index contributed by atoms with van der Waals surface area (Å²) in [7, 11) is 1.46. The van der Waals surface area contributed by atoms with Gasteiger partial charge in [0.05, 0.1) is 7.11 Å². The molecule has 0 aliphatic heterocycles. The van der Waals surface area contributed by atoms with Crippen molar-refractivity contribution in [2.24, 2.45) is 5.92 Å². The predicted octanol–water partition coefficient (Wildman–Crippen LogP) is 4.20. The van der Waals surface area contributed by atoms with Crippen LogP contribution in [0.1, 0.15) is 32.3 Å². The van der Waals surface area contributed by atoms with Gasteiger partial charge < -0.3 is 4.74 Å². The highest BCUT2D eigenvalue weighted by atomic mass is 35.5. The van der Waals surface area contributed by atoms with Crippen LogP contribution in [0, 0.1) is 11.7 Å². The first-order valence-electron chi connectivity index (χ1n) is 5.44. The lowest BCUT2D eigenvalue weighted by Crippen LogP contribution is -2.16. The van der Waals surface area contributed by atoms with E-state index in [0.29, 0.717) is 5.92 Å². The van der Waals surface area contributed by atoms with Crippen molar-refractivity contribution in [1.82, 2.24) is 0 Å². The van der Waals surface area contributed by atoms with Gasteiger partial charge in [0, 0.05) is 5.38 Å². The molecule has 1 aromatic rings. The molecular weight excluding hydrogens is 227 g/mol. The molecule has 90 valence electrons. The Kier molecular flexibility index (Phi) is 4.60. The molecule has 0 saturated carbocycles. The van der Waals surface area contributed by atoms with Gasteiger partial charge in [0.15, 0.2) is 11.6 Å². The molecule has 0 fully saturated rings. The number of ether oxygens (including phenoxy) is 1. The Labute approximate surface area is 102 Å². The maximum absolute atomic E-state index is 13.5. The lowest BCUT2D eigenvalue weighted by atomic mass is 9.91. The van der Waals surface area contributed by atoms with E-state index in [1.165, 1.54) is 13.2 Å². The van der Waals surface area contributed by atoms with E-state index in [1.54, 1.807) is 6.07 Å². The average Bonchev–Trinajstić information content (AvgIpc) is 2.26. The van der Waals surface area contributed by atoms with Crippen LogP contribution in [0.5, 0.6) is 5.75 Å². The zero-order valence-electron chi connectivity index (χ0n) is 10.1. The monoisotopic (exact) mass is 244 g/mol. The molecule has 0 amide bonds.